The second-order valence-electron chi connectivity index (χ2n) is 8.20. The summed E-state index contributed by atoms with van der Waals surface area (Å²) in [6, 6.07) is 8.13. The predicted octanol–water partition coefficient (Wildman–Crippen LogP) is 3.01. The van der Waals surface area contributed by atoms with Crippen molar-refractivity contribution in [1.29, 1.82) is 0 Å². The monoisotopic (exact) mass is 400 g/mol. The average Bonchev–Trinajstić information content (AvgIpc) is 3.20. The molecule has 0 aliphatic rings. The summed E-state index contributed by atoms with van der Waals surface area (Å²) >= 11 is 0. The highest BCUT2D eigenvalue weighted by Crippen LogP contribution is 2.20. The van der Waals surface area contributed by atoms with Gasteiger partial charge < -0.3 is 20.3 Å². The lowest BCUT2D eigenvalue weighted by atomic mass is 9.92. The summed E-state index contributed by atoms with van der Waals surface area (Å²) in [5.74, 6) is 0.0780. The van der Waals surface area contributed by atoms with Crippen LogP contribution in [0.4, 0.5) is 0 Å². The van der Waals surface area contributed by atoms with Crippen LogP contribution in [0.2, 0.25) is 0 Å². The topological polar surface area (TPSA) is 79.2 Å². The normalized spacial score (nSPS) is 12.7. The fourth-order valence-corrected chi connectivity index (χ4v) is 3.24. The van der Waals surface area contributed by atoms with Crippen molar-refractivity contribution in [2.45, 2.75) is 71.1 Å². The number of aliphatic hydroxyl groups is 1. The Morgan fingerprint density at radius 3 is 2.62 bits per heavy atom. The minimum Gasteiger partial charge on any atom is -0.390 e. The standard InChI is InChI=1S/C23H36N4O2/c1-4-5-6-7-12-25-22(29)15-19-8-10-20(11-9-19)23(2,3)26-16-21(28)17-27-14-13-24-18-27/h8-11,13-14,18,21,26,28H,4-7,12,15-17H2,1-3H3,(H,25,29). The maximum Gasteiger partial charge on any atom is 0.224 e. The van der Waals surface area contributed by atoms with Gasteiger partial charge in [0.15, 0.2) is 0 Å². The van der Waals surface area contributed by atoms with Crippen molar-refractivity contribution in [3.63, 3.8) is 0 Å². The summed E-state index contributed by atoms with van der Waals surface area (Å²) in [4.78, 5) is 16.1. The molecule has 0 saturated heterocycles. The number of carbonyl (C=O) groups excluding carboxylic acids is 1. The van der Waals surface area contributed by atoms with E-state index in [0.29, 0.717) is 19.5 Å². The smallest absolute Gasteiger partial charge is 0.224 e. The van der Waals surface area contributed by atoms with Gasteiger partial charge in [-0.05, 0) is 31.4 Å². The minimum absolute atomic E-state index is 0.0780. The third-order valence-corrected chi connectivity index (χ3v) is 5.15. The second kappa shape index (κ2) is 11.7. The van der Waals surface area contributed by atoms with E-state index >= 15 is 0 Å². The summed E-state index contributed by atoms with van der Waals surface area (Å²) < 4.78 is 1.86. The predicted molar refractivity (Wildman–Crippen MR) is 117 cm³/mol. The van der Waals surface area contributed by atoms with Crippen LogP contribution in [0.15, 0.2) is 43.0 Å². The number of hydrogen-bond donors (Lipinski definition) is 3. The van der Waals surface area contributed by atoms with E-state index in [2.05, 4.69) is 48.5 Å². The van der Waals surface area contributed by atoms with Gasteiger partial charge in [0, 0.05) is 31.0 Å². The molecule has 160 valence electrons. The lowest BCUT2D eigenvalue weighted by Gasteiger charge is -2.28. The fraction of sp³-hybridized carbons (Fsp3) is 0.565. The Morgan fingerprint density at radius 1 is 1.21 bits per heavy atom. The zero-order chi connectivity index (χ0) is 21.1. The molecule has 0 aliphatic heterocycles. The number of nitrogens with one attached hydrogen (secondary N) is 2. The number of aromatic nitrogens is 2. The Hall–Kier alpha value is -2.18. The molecule has 2 rings (SSSR count). The van der Waals surface area contributed by atoms with Crippen molar-refractivity contribution in [3.05, 3.63) is 54.1 Å². The lowest BCUT2D eigenvalue weighted by molar-refractivity contribution is -0.120. The van der Waals surface area contributed by atoms with E-state index in [-0.39, 0.29) is 11.4 Å². The Balaban J connectivity index is 1.77. The molecule has 0 aliphatic carbocycles. The molecule has 0 fully saturated rings. The molecule has 29 heavy (non-hydrogen) atoms. The molecule has 1 unspecified atom stereocenters. The van der Waals surface area contributed by atoms with Gasteiger partial charge in [-0.2, -0.15) is 0 Å². The van der Waals surface area contributed by atoms with Gasteiger partial charge in [0.2, 0.25) is 5.91 Å². The van der Waals surface area contributed by atoms with Crippen LogP contribution in [0.5, 0.6) is 0 Å². The number of carbonyl (C=O) groups is 1. The molecule has 0 radical (unpaired) electrons. The number of rotatable bonds is 13. The van der Waals surface area contributed by atoms with E-state index in [9.17, 15) is 9.90 Å². The maximum atomic E-state index is 12.1. The van der Waals surface area contributed by atoms with Crippen molar-refractivity contribution in [1.82, 2.24) is 20.2 Å². The highest BCUT2D eigenvalue weighted by molar-refractivity contribution is 5.78. The Morgan fingerprint density at radius 2 is 1.97 bits per heavy atom. The van der Waals surface area contributed by atoms with E-state index < -0.39 is 6.10 Å². The maximum absolute atomic E-state index is 12.1. The molecule has 1 aromatic heterocycles. The van der Waals surface area contributed by atoms with Crippen LogP contribution < -0.4 is 10.6 Å². The van der Waals surface area contributed by atoms with Gasteiger partial charge in [-0.25, -0.2) is 4.98 Å². The molecule has 1 atom stereocenters. The molecule has 1 aromatic carbocycles. The first kappa shape index (κ1) is 23.1. The van der Waals surface area contributed by atoms with Gasteiger partial charge in [0.25, 0.3) is 0 Å². The molecular weight excluding hydrogens is 364 g/mol. The number of aliphatic hydroxyl groups excluding tert-OH is 1. The molecule has 2 aromatic rings. The van der Waals surface area contributed by atoms with Crippen molar-refractivity contribution < 1.29 is 9.90 Å². The van der Waals surface area contributed by atoms with Gasteiger partial charge in [-0.3, -0.25) is 4.79 Å². The van der Waals surface area contributed by atoms with Gasteiger partial charge in [-0.15, -0.1) is 0 Å². The number of unbranched alkanes of at least 4 members (excludes halogenated alkanes) is 3. The zero-order valence-electron chi connectivity index (χ0n) is 18.0. The lowest BCUT2D eigenvalue weighted by Crippen LogP contribution is -2.42. The zero-order valence-corrected chi connectivity index (χ0v) is 18.0. The van der Waals surface area contributed by atoms with Crippen LogP contribution in [0, 0.1) is 0 Å². The van der Waals surface area contributed by atoms with Gasteiger partial charge >= 0.3 is 0 Å². The molecule has 6 nitrogen and oxygen atoms in total. The molecule has 0 saturated carbocycles. The second-order valence-corrected chi connectivity index (χ2v) is 8.20. The van der Waals surface area contributed by atoms with Gasteiger partial charge in [0.05, 0.1) is 25.4 Å². The van der Waals surface area contributed by atoms with Gasteiger partial charge in [0.1, 0.15) is 0 Å². The Bertz CT molecular complexity index is 711. The van der Waals surface area contributed by atoms with E-state index in [1.807, 2.05) is 22.9 Å². The molecule has 3 N–H and O–H groups in total. The molecule has 0 spiro atoms. The van der Waals surface area contributed by atoms with Crippen LogP contribution in [0.3, 0.4) is 0 Å². The SMILES string of the molecule is CCCCCCNC(=O)Cc1ccc(C(C)(C)NCC(O)Cn2ccnc2)cc1. The minimum atomic E-state index is -0.497. The van der Waals surface area contributed by atoms with E-state index in [4.69, 9.17) is 0 Å². The highest BCUT2D eigenvalue weighted by atomic mass is 16.3. The van der Waals surface area contributed by atoms with E-state index in [0.717, 1.165) is 24.1 Å². The number of hydrogen-bond acceptors (Lipinski definition) is 4. The fourth-order valence-electron chi connectivity index (χ4n) is 3.24. The van der Waals surface area contributed by atoms with Crippen LogP contribution in [-0.4, -0.2) is 39.8 Å². The van der Waals surface area contributed by atoms with Crippen LogP contribution in [-0.2, 0) is 23.3 Å². The summed E-state index contributed by atoms with van der Waals surface area (Å²) in [7, 11) is 0. The highest BCUT2D eigenvalue weighted by Gasteiger charge is 2.21. The Kier molecular flexibility index (Phi) is 9.35. The molecule has 0 bridgehead atoms. The first-order valence-electron chi connectivity index (χ1n) is 10.7. The Labute approximate surface area is 174 Å². The van der Waals surface area contributed by atoms with Crippen LogP contribution in [0.1, 0.15) is 57.6 Å². The average molecular weight is 401 g/mol. The number of nitrogens with zero attached hydrogens (tertiary/aromatic N) is 2. The molecule has 1 heterocycles. The van der Waals surface area contributed by atoms with Crippen LogP contribution >= 0.6 is 0 Å². The van der Waals surface area contributed by atoms with E-state index in [1.165, 1.54) is 19.3 Å². The first-order valence-corrected chi connectivity index (χ1v) is 10.7. The quantitative estimate of drug-likeness (QED) is 0.452. The summed E-state index contributed by atoms with van der Waals surface area (Å²) in [5.41, 5.74) is 1.85. The molecule has 1 amide bonds. The van der Waals surface area contributed by atoms with Crippen LogP contribution in [0.25, 0.3) is 0 Å². The summed E-state index contributed by atoms with van der Waals surface area (Å²) in [6.07, 6.45) is 9.81. The number of amides is 1. The van der Waals surface area contributed by atoms with Crippen molar-refractivity contribution in [2.75, 3.05) is 13.1 Å². The molecule has 6 heteroatoms. The summed E-state index contributed by atoms with van der Waals surface area (Å²) in [5, 5.41) is 16.7. The number of imidazole rings is 1. The number of benzene rings is 1. The third kappa shape index (κ3) is 8.38. The van der Waals surface area contributed by atoms with Crippen molar-refractivity contribution >= 4 is 5.91 Å². The first-order chi connectivity index (χ1) is 13.9. The van der Waals surface area contributed by atoms with Gasteiger partial charge in [-0.1, -0.05) is 50.5 Å². The molecular formula is C23H36N4O2. The van der Waals surface area contributed by atoms with E-state index in [1.54, 1.807) is 12.5 Å². The largest absolute Gasteiger partial charge is 0.390 e. The third-order valence-electron chi connectivity index (χ3n) is 5.15. The summed E-state index contributed by atoms with van der Waals surface area (Å²) in [6.45, 7) is 8.12. The van der Waals surface area contributed by atoms with Crippen molar-refractivity contribution in [3.8, 4) is 0 Å². The van der Waals surface area contributed by atoms with Crippen molar-refractivity contribution in [2.24, 2.45) is 0 Å².